The van der Waals surface area contributed by atoms with Crippen LogP contribution in [-0.4, -0.2) is 59.4 Å². The van der Waals surface area contributed by atoms with E-state index < -0.39 is 32.4 Å². The smallest absolute Gasteiger partial charge is 0.425 e. The molecule has 0 aliphatic carbocycles. The molecule has 0 saturated carbocycles. The number of nitrogens with zero attached hydrogens (tertiary/aromatic N) is 4. The number of rotatable bonds is 1. The van der Waals surface area contributed by atoms with Gasteiger partial charge in [-0.3, -0.25) is 19.0 Å². The van der Waals surface area contributed by atoms with Crippen LogP contribution in [0.3, 0.4) is 0 Å². The van der Waals surface area contributed by atoms with Gasteiger partial charge in [0.2, 0.25) is 0 Å². The normalized spacial score (nSPS) is 36.1. The summed E-state index contributed by atoms with van der Waals surface area (Å²) in [6.07, 6.45) is -3.16. The van der Waals surface area contributed by atoms with E-state index in [0.29, 0.717) is 4.73 Å². The third-order valence-electron chi connectivity index (χ3n) is 3.81. The van der Waals surface area contributed by atoms with E-state index in [2.05, 4.69) is 30.4 Å². The molecule has 2 saturated heterocycles. The van der Waals surface area contributed by atoms with Gasteiger partial charge in [0.1, 0.15) is 24.6 Å². The highest BCUT2D eigenvalue weighted by Crippen LogP contribution is 2.52. The molecule has 4 N–H and O–H groups in total. The molecule has 12 nitrogen and oxygen atoms in total. The Morgan fingerprint density at radius 2 is 2.25 bits per heavy atom. The Labute approximate surface area is 141 Å². The summed E-state index contributed by atoms with van der Waals surface area (Å²) >= 11 is 3.20. The van der Waals surface area contributed by atoms with Crippen molar-refractivity contribution in [3.63, 3.8) is 0 Å². The maximum atomic E-state index is 11.5. The Kier molecular flexibility index (Phi) is 3.58. The van der Waals surface area contributed by atoms with Crippen LogP contribution in [0.2, 0.25) is 0 Å². The lowest BCUT2D eigenvalue weighted by molar-refractivity contribution is -0.0670. The van der Waals surface area contributed by atoms with Crippen molar-refractivity contribution in [3.8, 4) is 0 Å². The Hall–Kier alpha value is -1.34. The van der Waals surface area contributed by atoms with E-state index >= 15 is 0 Å². The highest BCUT2D eigenvalue weighted by molar-refractivity contribution is 9.10. The molecule has 4 rings (SSSR count). The third-order valence-corrected chi connectivity index (χ3v) is 5.35. The zero-order chi connectivity index (χ0) is 17.2. The average Bonchev–Trinajstić information content (AvgIpc) is 3.00. The van der Waals surface area contributed by atoms with Crippen molar-refractivity contribution in [1.82, 2.24) is 19.3 Å². The quantitative estimate of drug-likeness (QED) is 0.268. The molecular weight excluding hydrogens is 413 g/mol. The van der Waals surface area contributed by atoms with Crippen LogP contribution >= 0.6 is 23.8 Å². The summed E-state index contributed by atoms with van der Waals surface area (Å²) in [4.78, 5) is 17.5. The van der Waals surface area contributed by atoms with Gasteiger partial charge in [0.15, 0.2) is 27.6 Å². The van der Waals surface area contributed by atoms with E-state index in [9.17, 15) is 19.8 Å². The summed E-state index contributed by atoms with van der Waals surface area (Å²) in [5.74, 6) is 0. The van der Waals surface area contributed by atoms with Crippen LogP contribution in [0.1, 0.15) is 6.23 Å². The molecule has 0 radical (unpaired) electrons. The van der Waals surface area contributed by atoms with E-state index in [1.807, 2.05) is 0 Å². The number of phosphoric ester groups is 1. The number of hydrogen-bond acceptors (Lipinski definition) is 9. The maximum absolute atomic E-state index is 11.5. The Balaban J connectivity index is 1.79. The SMILES string of the molecule is N=c1c2nc(Br)n([C@@H]3O[C@@H]4COP(=O)(O)O[C@H]4[C@H]3O)c2ncn1O. The first-order chi connectivity index (χ1) is 11.3. The van der Waals surface area contributed by atoms with Gasteiger partial charge in [0, 0.05) is 0 Å². The molecule has 24 heavy (non-hydrogen) atoms. The molecule has 2 fully saturated rings. The van der Waals surface area contributed by atoms with E-state index in [0.717, 1.165) is 6.33 Å². The first kappa shape index (κ1) is 16.1. The number of nitrogens with one attached hydrogen (secondary N) is 1. The van der Waals surface area contributed by atoms with Crippen LogP contribution in [0.25, 0.3) is 11.2 Å². The van der Waals surface area contributed by atoms with E-state index in [-0.39, 0.29) is 28.0 Å². The standard InChI is InChI=1S/C10H11BrN5O7P/c11-10-14-4-7(12)15(18)2-13-8(4)16(10)9-5(17)6-3(22-9)1-21-24(19,20)23-6/h2-3,5-6,9,12,17-18H,1H2,(H,19,20)/t3-,5-,6-,9-/m1/s1. The molecule has 5 atom stereocenters. The number of halogens is 1. The summed E-state index contributed by atoms with van der Waals surface area (Å²) in [7, 11) is -4.23. The fraction of sp³-hybridized carbons (Fsp3) is 0.500. The van der Waals surface area contributed by atoms with Gasteiger partial charge in [-0.1, -0.05) is 0 Å². The number of fused-ring (bicyclic) bond motifs is 2. The second kappa shape index (κ2) is 5.33. The second-order valence-electron chi connectivity index (χ2n) is 5.25. The molecule has 2 aromatic rings. The molecule has 1 unspecified atom stereocenters. The Morgan fingerprint density at radius 1 is 1.50 bits per heavy atom. The monoisotopic (exact) mass is 423 g/mol. The van der Waals surface area contributed by atoms with Crippen molar-refractivity contribution >= 4 is 34.9 Å². The minimum atomic E-state index is -4.23. The highest BCUT2D eigenvalue weighted by Gasteiger charge is 2.53. The lowest BCUT2D eigenvalue weighted by Crippen LogP contribution is -2.39. The van der Waals surface area contributed by atoms with Gasteiger partial charge in [0.05, 0.1) is 6.61 Å². The predicted molar refractivity (Wildman–Crippen MR) is 76.8 cm³/mol. The van der Waals surface area contributed by atoms with E-state index in [4.69, 9.17) is 14.7 Å². The van der Waals surface area contributed by atoms with Crippen molar-refractivity contribution in [1.29, 1.82) is 5.41 Å². The number of aliphatic hydroxyl groups excluding tert-OH is 1. The number of phosphoric acid groups is 1. The molecule has 130 valence electrons. The summed E-state index contributed by atoms with van der Waals surface area (Å²) < 4.78 is 28.8. The van der Waals surface area contributed by atoms with Crippen molar-refractivity contribution in [2.75, 3.05) is 6.61 Å². The minimum Gasteiger partial charge on any atom is -0.425 e. The van der Waals surface area contributed by atoms with Crippen LogP contribution in [0.15, 0.2) is 11.1 Å². The first-order valence-electron chi connectivity index (χ1n) is 6.67. The summed E-state index contributed by atoms with van der Waals surface area (Å²) in [6, 6.07) is 0. The Bertz CT molecular complexity index is 930. The maximum Gasteiger partial charge on any atom is 0.472 e. The molecule has 2 aromatic heterocycles. The van der Waals surface area contributed by atoms with E-state index in [1.54, 1.807) is 0 Å². The fourth-order valence-corrected chi connectivity index (χ4v) is 4.24. The van der Waals surface area contributed by atoms with Crippen LogP contribution in [0.5, 0.6) is 0 Å². The van der Waals surface area contributed by atoms with Crippen molar-refractivity contribution < 1.29 is 33.6 Å². The van der Waals surface area contributed by atoms with Crippen LogP contribution < -0.4 is 5.49 Å². The van der Waals surface area contributed by atoms with Crippen molar-refractivity contribution in [3.05, 3.63) is 16.5 Å². The Morgan fingerprint density at radius 3 is 3.00 bits per heavy atom. The molecule has 4 heterocycles. The molecule has 0 spiro atoms. The zero-order valence-electron chi connectivity index (χ0n) is 11.7. The van der Waals surface area contributed by atoms with Gasteiger partial charge in [-0.05, 0) is 15.9 Å². The lowest BCUT2D eigenvalue weighted by atomic mass is 10.1. The molecule has 0 bridgehead atoms. The minimum absolute atomic E-state index is 0.0718. The second-order valence-corrected chi connectivity index (χ2v) is 7.37. The fourth-order valence-electron chi connectivity index (χ4n) is 2.73. The highest BCUT2D eigenvalue weighted by atomic mass is 79.9. The van der Waals surface area contributed by atoms with Gasteiger partial charge in [-0.15, -0.1) is 0 Å². The van der Waals surface area contributed by atoms with Crippen molar-refractivity contribution in [2.24, 2.45) is 0 Å². The first-order valence-corrected chi connectivity index (χ1v) is 8.95. The molecule has 14 heteroatoms. The molecule has 2 aliphatic rings. The van der Waals surface area contributed by atoms with E-state index in [1.165, 1.54) is 4.57 Å². The van der Waals surface area contributed by atoms with Gasteiger partial charge < -0.3 is 19.9 Å². The molecular formula is C10H11BrN5O7P. The number of imidazole rings is 1. The van der Waals surface area contributed by atoms with Crippen LogP contribution in [0.4, 0.5) is 0 Å². The number of aliphatic hydroxyl groups is 1. The summed E-state index contributed by atoms with van der Waals surface area (Å²) in [5, 5.41) is 27.7. The summed E-state index contributed by atoms with van der Waals surface area (Å²) in [6.45, 7) is -0.218. The van der Waals surface area contributed by atoms with Crippen LogP contribution in [0, 0.1) is 5.41 Å². The number of hydrogen-bond donors (Lipinski definition) is 4. The van der Waals surface area contributed by atoms with Gasteiger partial charge in [0.25, 0.3) is 0 Å². The average molecular weight is 424 g/mol. The zero-order valence-corrected chi connectivity index (χ0v) is 14.2. The number of aromatic nitrogens is 4. The molecule has 2 aliphatic heterocycles. The largest absolute Gasteiger partial charge is 0.472 e. The molecule has 0 amide bonds. The predicted octanol–water partition coefficient (Wildman–Crippen LogP) is -0.514. The van der Waals surface area contributed by atoms with Gasteiger partial charge in [-0.25, -0.2) is 14.5 Å². The summed E-state index contributed by atoms with van der Waals surface area (Å²) in [5.41, 5.74) is -0.0562. The topological polar surface area (TPSA) is 165 Å². The van der Waals surface area contributed by atoms with Crippen molar-refractivity contribution in [2.45, 2.75) is 24.5 Å². The van der Waals surface area contributed by atoms with Crippen LogP contribution in [-0.2, 0) is 18.3 Å². The van der Waals surface area contributed by atoms with Gasteiger partial charge >= 0.3 is 7.82 Å². The third kappa shape index (κ3) is 2.32. The molecule has 0 aromatic carbocycles. The lowest BCUT2D eigenvalue weighted by Gasteiger charge is -2.27. The number of ether oxygens (including phenoxy) is 1. The van der Waals surface area contributed by atoms with Gasteiger partial charge in [-0.2, -0.15) is 4.73 Å².